The molecule has 1 unspecified atom stereocenters. The highest BCUT2D eigenvalue weighted by Gasteiger charge is 2.16. The van der Waals surface area contributed by atoms with Crippen molar-refractivity contribution in [3.05, 3.63) is 52.8 Å². The van der Waals surface area contributed by atoms with Gasteiger partial charge in [0.05, 0.1) is 5.02 Å². The van der Waals surface area contributed by atoms with E-state index in [1.54, 1.807) is 23.0 Å². The molecule has 0 aliphatic rings. The zero-order valence-corrected chi connectivity index (χ0v) is 10.0. The Morgan fingerprint density at radius 3 is 2.94 bits per heavy atom. The van der Waals surface area contributed by atoms with Gasteiger partial charge in [0.2, 0.25) is 0 Å². The van der Waals surface area contributed by atoms with E-state index < -0.39 is 11.9 Å². The highest BCUT2D eigenvalue weighted by molar-refractivity contribution is 6.30. The molecule has 1 N–H and O–H groups in total. The first-order valence-electron chi connectivity index (χ1n) is 5.27. The Balaban J connectivity index is 2.36. The molecular weight excluding hydrogens is 243 g/mol. The Bertz CT molecular complexity index is 527. The first-order valence-corrected chi connectivity index (χ1v) is 5.65. The summed E-state index contributed by atoms with van der Waals surface area (Å²) in [6.45, 7) is 2.64. The number of imidazole rings is 1. The van der Waals surface area contributed by atoms with Crippen LogP contribution in [0.3, 0.4) is 0 Å². The van der Waals surface area contributed by atoms with Crippen molar-refractivity contribution in [1.82, 2.24) is 9.55 Å². The third-order valence-corrected chi connectivity index (χ3v) is 2.90. The number of hydrogen-bond acceptors (Lipinski definition) is 2. The molecule has 1 aromatic carbocycles. The molecule has 0 saturated carbocycles. The second kappa shape index (κ2) is 4.85. The summed E-state index contributed by atoms with van der Waals surface area (Å²) in [5.74, 6) is -0.0490. The number of benzene rings is 1. The third kappa shape index (κ3) is 2.33. The van der Waals surface area contributed by atoms with Crippen LogP contribution in [0.2, 0.25) is 5.02 Å². The van der Waals surface area contributed by atoms with E-state index >= 15 is 0 Å². The number of halogens is 2. The van der Waals surface area contributed by atoms with Gasteiger partial charge in [-0.15, -0.1) is 0 Å². The monoisotopic (exact) mass is 254 g/mol. The van der Waals surface area contributed by atoms with Gasteiger partial charge in [-0.25, -0.2) is 9.37 Å². The van der Waals surface area contributed by atoms with Crippen LogP contribution in [0.15, 0.2) is 30.6 Å². The van der Waals surface area contributed by atoms with Crippen LogP contribution >= 0.6 is 11.6 Å². The Kier molecular flexibility index (Phi) is 3.45. The standard InChI is InChI=1S/C12H12ClFN2O/c1-2-16-6-5-15-12(16)11(17)8-3-4-9(13)10(14)7-8/h3-7,11,17H,2H2,1H3. The van der Waals surface area contributed by atoms with Crippen molar-refractivity contribution in [2.45, 2.75) is 19.6 Å². The highest BCUT2D eigenvalue weighted by Crippen LogP contribution is 2.24. The molecule has 1 atom stereocenters. The summed E-state index contributed by atoms with van der Waals surface area (Å²) < 4.78 is 15.1. The molecule has 5 heteroatoms. The Morgan fingerprint density at radius 1 is 1.53 bits per heavy atom. The molecule has 0 fully saturated rings. The van der Waals surface area contributed by atoms with Crippen LogP contribution < -0.4 is 0 Å². The topological polar surface area (TPSA) is 38.0 Å². The van der Waals surface area contributed by atoms with E-state index in [9.17, 15) is 9.50 Å². The summed E-state index contributed by atoms with van der Waals surface area (Å²) in [4.78, 5) is 4.07. The van der Waals surface area contributed by atoms with Gasteiger partial charge in [0.1, 0.15) is 17.7 Å². The molecule has 2 aromatic rings. The van der Waals surface area contributed by atoms with E-state index in [4.69, 9.17) is 11.6 Å². The Labute approximate surface area is 103 Å². The summed E-state index contributed by atoms with van der Waals surface area (Å²) in [6, 6.07) is 4.24. The molecule has 0 aliphatic heterocycles. The van der Waals surface area contributed by atoms with Crippen LogP contribution in [0, 0.1) is 5.82 Å². The molecule has 0 saturated heterocycles. The van der Waals surface area contributed by atoms with Crippen LogP contribution in [-0.2, 0) is 6.54 Å². The van der Waals surface area contributed by atoms with Crippen LogP contribution in [0.4, 0.5) is 4.39 Å². The molecule has 0 radical (unpaired) electrons. The van der Waals surface area contributed by atoms with Gasteiger partial charge in [0.25, 0.3) is 0 Å². The maximum atomic E-state index is 13.3. The summed E-state index contributed by atoms with van der Waals surface area (Å²) in [5.41, 5.74) is 0.438. The molecule has 0 bridgehead atoms. The van der Waals surface area contributed by atoms with Crippen LogP contribution in [-0.4, -0.2) is 14.7 Å². The minimum absolute atomic E-state index is 0.0415. The van der Waals surface area contributed by atoms with Crippen LogP contribution in [0.5, 0.6) is 0 Å². The molecule has 0 amide bonds. The molecule has 17 heavy (non-hydrogen) atoms. The average molecular weight is 255 g/mol. The van der Waals surface area contributed by atoms with Crippen molar-refractivity contribution < 1.29 is 9.50 Å². The second-order valence-corrected chi connectivity index (χ2v) is 4.05. The number of aliphatic hydroxyl groups is 1. The molecule has 1 heterocycles. The number of hydrogen-bond donors (Lipinski definition) is 1. The smallest absolute Gasteiger partial charge is 0.142 e. The van der Waals surface area contributed by atoms with Gasteiger partial charge in [0, 0.05) is 18.9 Å². The van der Waals surface area contributed by atoms with Crippen molar-refractivity contribution in [3.63, 3.8) is 0 Å². The van der Waals surface area contributed by atoms with E-state index in [1.807, 2.05) is 6.92 Å². The lowest BCUT2D eigenvalue weighted by Crippen LogP contribution is -2.09. The number of nitrogens with zero attached hydrogens (tertiary/aromatic N) is 2. The Morgan fingerprint density at radius 2 is 2.29 bits per heavy atom. The normalized spacial score (nSPS) is 12.7. The van der Waals surface area contributed by atoms with Crippen molar-refractivity contribution in [2.24, 2.45) is 0 Å². The number of aryl methyl sites for hydroxylation is 1. The first kappa shape index (κ1) is 12.1. The van der Waals surface area contributed by atoms with Gasteiger partial charge in [-0.05, 0) is 24.6 Å². The molecule has 0 aliphatic carbocycles. The van der Waals surface area contributed by atoms with E-state index in [2.05, 4.69) is 4.98 Å². The average Bonchev–Trinajstić information content (AvgIpc) is 2.80. The van der Waals surface area contributed by atoms with Gasteiger partial charge < -0.3 is 9.67 Å². The highest BCUT2D eigenvalue weighted by atomic mass is 35.5. The zero-order chi connectivity index (χ0) is 12.4. The summed E-state index contributed by atoms with van der Waals surface area (Å²) >= 11 is 5.59. The molecule has 90 valence electrons. The molecule has 3 nitrogen and oxygen atoms in total. The van der Waals surface area contributed by atoms with E-state index in [0.717, 1.165) is 0 Å². The summed E-state index contributed by atoms with van der Waals surface area (Å²) in [6.07, 6.45) is 2.43. The van der Waals surface area contributed by atoms with Gasteiger partial charge in [-0.1, -0.05) is 17.7 Å². The molecule has 1 aromatic heterocycles. The van der Waals surface area contributed by atoms with Gasteiger partial charge >= 0.3 is 0 Å². The largest absolute Gasteiger partial charge is 0.380 e. The number of aromatic nitrogens is 2. The van der Waals surface area contributed by atoms with E-state index in [0.29, 0.717) is 17.9 Å². The quantitative estimate of drug-likeness (QED) is 0.915. The van der Waals surface area contributed by atoms with Crippen LogP contribution in [0.1, 0.15) is 24.4 Å². The van der Waals surface area contributed by atoms with Crippen molar-refractivity contribution in [3.8, 4) is 0 Å². The Hall–Kier alpha value is -1.39. The fourth-order valence-electron chi connectivity index (χ4n) is 1.67. The summed E-state index contributed by atoms with van der Waals surface area (Å²) in [7, 11) is 0. The van der Waals surface area contributed by atoms with Gasteiger partial charge in [-0.2, -0.15) is 0 Å². The molecular formula is C12H12ClFN2O. The maximum Gasteiger partial charge on any atom is 0.142 e. The van der Waals surface area contributed by atoms with Gasteiger partial charge in [-0.3, -0.25) is 0 Å². The zero-order valence-electron chi connectivity index (χ0n) is 9.27. The van der Waals surface area contributed by atoms with Crippen molar-refractivity contribution in [1.29, 1.82) is 0 Å². The van der Waals surface area contributed by atoms with Gasteiger partial charge in [0.15, 0.2) is 0 Å². The lowest BCUT2D eigenvalue weighted by Gasteiger charge is -2.12. The minimum Gasteiger partial charge on any atom is -0.380 e. The fraction of sp³-hybridized carbons (Fsp3) is 0.250. The fourth-order valence-corrected chi connectivity index (χ4v) is 1.78. The second-order valence-electron chi connectivity index (χ2n) is 3.65. The summed E-state index contributed by atoms with van der Waals surface area (Å²) in [5, 5.41) is 10.2. The lowest BCUT2D eigenvalue weighted by atomic mass is 10.1. The predicted molar refractivity (Wildman–Crippen MR) is 63.4 cm³/mol. The number of aliphatic hydroxyl groups excluding tert-OH is 1. The van der Waals surface area contributed by atoms with Crippen molar-refractivity contribution >= 4 is 11.6 Å². The SMILES string of the molecule is CCn1ccnc1C(O)c1ccc(Cl)c(F)c1. The third-order valence-electron chi connectivity index (χ3n) is 2.59. The minimum atomic E-state index is -0.947. The maximum absolute atomic E-state index is 13.3. The molecule has 2 rings (SSSR count). The van der Waals surface area contributed by atoms with E-state index in [1.165, 1.54) is 12.1 Å². The van der Waals surface area contributed by atoms with Crippen molar-refractivity contribution in [2.75, 3.05) is 0 Å². The lowest BCUT2D eigenvalue weighted by molar-refractivity contribution is 0.204. The predicted octanol–water partition coefficient (Wildman–Crippen LogP) is 2.78. The number of rotatable bonds is 3. The molecule has 0 spiro atoms. The van der Waals surface area contributed by atoms with Crippen LogP contribution in [0.25, 0.3) is 0 Å². The first-order chi connectivity index (χ1) is 8.13. The van der Waals surface area contributed by atoms with E-state index in [-0.39, 0.29) is 5.02 Å².